The zero-order chi connectivity index (χ0) is 23.9. The maximum Gasteiger partial charge on any atom is 0.261 e. The molecule has 2 aliphatic heterocycles. The molecule has 34 heavy (non-hydrogen) atoms. The van der Waals surface area contributed by atoms with Gasteiger partial charge >= 0.3 is 0 Å². The maximum absolute atomic E-state index is 13.2. The number of aromatic nitrogens is 3. The number of primary amides is 1. The maximum atomic E-state index is 13.2. The quantitative estimate of drug-likeness (QED) is 0.571. The Morgan fingerprint density at radius 3 is 2.76 bits per heavy atom. The van der Waals surface area contributed by atoms with Gasteiger partial charge in [0.15, 0.2) is 5.65 Å². The van der Waals surface area contributed by atoms with Gasteiger partial charge in [0.2, 0.25) is 5.91 Å². The average Bonchev–Trinajstić information content (AvgIpc) is 3.36. The van der Waals surface area contributed by atoms with Gasteiger partial charge in [-0.25, -0.2) is 9.50 Å². The van der Waals surface area contributed by atoms with E-state index >= 15 is 0 Å². The Kier molecular flexibility index (Phi) is 5.60. The van der Waals surface area contributed by atoms with Gasteiger partial charge in [0, 0.05) is 69.6 Å². The Balaban J connectivity index is 1.41. The molecule has 0 unspecified atom stereocenters. The van der Waals surface area contributed by atoms with E-state index in [1.807, 2.05) is 12.1 Å². The predicted molar refractivity (Wildman–Crippen MR) is 128 cm³/mol. The van der Waals surface area contributed by atoms with Crippen molar-refractivity contribution < 1.29 is 14.3 Å². The number of benzene rings is 1. The molecule has 2 amide bonds. The van der Waals surface area contributed by atoms with E-state index in [0.29, 0.717) is 24.2 Å². The van der Waals surface area contributed by atoms with Crippen molar-refractivity contribution in [1.82, 2.24) is 19.5 Å². The molecular weight excluding hydrogens is 434 g/mol. The lowest BCUT2D eigenvalue weighted by atomic mass is 10.0. The lowest BCUT2D eigenvalue weighted by Gasteiger charge is -2.37. The first-order valence-electron chi connectivity index (χ1n) is 11.5. The fourth-order valence-electron chi connectivity index (χ4n) is 4.66. The molecule has 1 aromatic carbocycles. The van der Waals surface area contributed by atoms with Crippen molar-refractivity contribution in [2.45, 2.75) is 32.3 Å². The van der Waals surface area contributed by atoms with E-state index in [4.69, 9.17) is 10.5 Å². The van der Waals surface area contributed by atoms with Crippen molar-refractivity contribution in [3.05, 3.63) is 47.9 Å². The molecule has 3 aromatic rings. The van der Waals surface area contributed by atoms with E-state index in [-0.39, 0.29) is 17.4 Å². The van der Waals surface area contributed by atoms with Gasteiger partial charge in [-0.3, -0.25) is 14.5 Å². The van der Waals surface area contributed by atoms with Crippen LogP contribution in [-0.2, 0) is 11.2 Å². The van der Waals surface area contributed by atoms with Gasteiger partial charge in [0.25, 0.3) is 5.91 Å². The SMILES string of the molecule is CC1(C)Cc2cc(NC(=O)c3cnn4cccnc34)c(N3CCN(CCC(N)=O)CC3)cc2O1. The van der Waals surface area contributed by atoms with Crippen LogP contribution >= 0.6 is 0 Å². The monoisotopic (exact) mass is 463 g/mol. The third-order valence-electron chi connectivity index (χ3n) is 6.34. The van der Waals surface area contributed by atoms with Gasteiger partial charge in [-0.05, 0) is 26.0 Å². The van der Waals surface area contributed by atoms with E-state index in [1.165, 1.54) is 6.20 Å². The minimum Gasteiger partial charge on any atom is -0.487 e. The van der Waals surface area contributed by atoms with Crippen molar-refractivity contribution >= 4 is 28.8 Å². The van der Waals surface area contributed by atoms with Gasteiger partial charge in [-0.15, -0.1) is 0 Å². The molecule has 3 N–H and O–H groups in total. The lowest BCUT2D eigenvalue weighted by Crippen LogP contribution is -2.47. The highest BCUT2D eigenvalue weighted by Gasteiger charge is 2.32. The molecule has 1 fully saturated rings. The standard InChI is InChI=1S/C24H29N7O3/c1-24(2)14-16-12-18(28-23(33)17-15-27-31-6-3-5-26-22(17)31)19(13-20(16)34-24)30-10-8-29(9-11-30)7-4-21(25)32/h3,5-6,12-13,15H,4,7-11,14H2,1-2H3,(H2,25,32)(H,28,33). The molecule has 1 saturated heterocycles. The molecule has 0 bridgehead atoms. The topological polar surface area (TPSA) is 118 Å². The molecule has 2 aromatic heterocycles. The Bertz CT molecular complexity index is 1240. The summed E-state index contributed by atoms with van der Waals surface area (Å²) in [4.78, 5) is 33.2. The Hall–Kier alpha value is -3.66. The van der Waals surface area contributed by atoms with Crippen molar-refractivity contribution in [1.29, 1.82) is 0 Å². The largest absolute Gasteiger partial charge is 0.487 e. The van der Waals surface area contributed by atoms with Gasteiger partial charge in [0.1, 0.15) is 16.9 Å². The van der Waals surface area contributed by atoms with Crippen LogP contribution in [0.5, 0.6) is 5.75 Å². The van der Waals surface area contributed by atoms with Crippen LogP contribution in [0.1, 0.15) is 36.2 Å². The van der Waals surface area contributed by atoms with E-state index in [1.54, 1.807) is 23.0 Å². The number of nitrogens with zero attached hydrogens (tertiary/aromatic N) is 5. The fourth-order valence-corrected chi connectivity index (χ4v) is 4.66. The summed E-state index contributed by atoms with van der Waals surface area (Å²) in [7, 11) is 0. The molecule has 2 aliphatic rings. The van der Waals surface area contributed by atoms with Crippen LogP contribution in [0.2, 0.25) is 0 Å². The number of nitrogens with one attached hydrogen (secondary N) is 1. The molecular formula is C24H29N7O3. The summed E-state index contributed by atoms with van der Waals surface area (Å²) >= 11 is 0. The molecule has 10 nitrogen and oxygen atoms in total. The fraction of sp³-hybridized carbons (Fsp3) is 0.417. The zero-order valence-electron chi connectivity index (χ0n) is 19.5. The van der Waals surface area contributed by atoms with Crippen LogP contribution in [0.25, 0.3) is 5.65 Å². The van der Waals surface area contributed by atoms with Crippen LogP contribution in [0.3, 0.4) is 0 Å². The van der Waals surface area contributed by atoms with Crippen LogP contribution in [0, 0.1) is 0 Å². The summed E-state index contributed by atoms with van der Waals surface area (Å²) < 4.78 is 7.76. The number of fused-ring (bicyclic) bond motifs is 2. The van der Waals surface area contributed by atoms with E-state index in [0.717, 1.165) is 55.3 Å². The number of anilines is 2. The van der Waals surface area contributed by atoms with Crippen LogP contribution in [-0.4, -0.2) is 69.6 Å². The van der Waals surface area contributed by atoms with Gasteiger partial charge in [-0.2, -0.15) is 5.10 Å². The number of carbonyl (C=O) groups is 2. The second-order valence-electron chi connectivity index (χ2n) is 9.46. The van der Waals surface area contributed by atoms with Crippen LogP contribution < -0.4 is 20.7 Å². The number of amides is 2. The second kappa shape index (κ2) is 8.60. The first-order chi connectivity index (χ1) is 16.3. The first kappa shape index (κ1) is 22.1. The predicted octanol–water partition coefficient (Wildman–Crippen LogP) is 1.69. The van der Waals surface area contributed by atoms with E-state index in [2.05, 4.69) is 39.0 Å². The Morgan fingerprint density at radius 1 is 1.21 bits per heavy atom. The van der Waals surface area contributed by atoms with Crippen molar-refractivity contribution in [3.8, 4) is 5.75 Å². The van der Waals surface area contributed by atoms with E-state index < -0.39 is 0 Å². The van der Waals surface area contributed by atoms with Crippen LogP contribution in [0.15, 0.2) is 36.8 Å². The number of carbonyl (C=O) groups excluding carboxylic acids is 2. The average molecular weight is 464 g/mol. The zero-order valence-corrected chi connectivity index (χ0v) is 19.5. The minimum absolute atomic E-state index is 0.256. The van der Waals surface area contributed by atoms with Crippen molar-refractivity contribution in [2.75, 3.05) is 42.9 Å². The lowest BCUT2D eigenvalue weighted by molar-refractivity contribution is -0.118. The number of ether oxygens (including phenoxy) is 1. The van der Waals surface area contributed by atoms with Gasteiger partial charge in [-0.1, -0.05) is 0 Å². The minimum atomic E-state index is -0.290. The van der Waals surface area contributed by atoms with Crippen LogP contribution in [0.4, 0.5) is 11.4 Å². The highest BCUT2D eigenvalue weighted by atomic mass is 16.5. The molecule has 0 atom stereocenters. The molecule has 0 aliphatic carbocycles. The van der Waals surface area contributed by atoms with Crippen molar-refractivity contribution in [2.24, 2.45) is 5.73 Å². The number of rotatable bonds is 6. The Morgan fingerprint density at radius 2 is 2.00 bits per heavy atom. The number of piperazine rings is 1. The van der Waals surface area contributed by atoms with Crippen molar-refractivity contribution in [3.63, 3.8) is 0 Å². The third kappa shape index (κ3) is 4.41. The summed E-state index contributed by atoms with van der Waals surface area (Å²) in [5.41, 5.74) is 8.67. The molecule has 0 spiro atoms. The summed E-state index contributed by atoms with van der Waals surface area (Å²) in [6.07, 6.45) is 6.07. The second-order valence-corrected chi connectivity index (χ2v) is 9.46. The third-order valence-corrected chi connectivity index (χ3v) is 6.34. The highest BCUT2D eigenvalue weighted by Crippen LogP contribution is 2.42. The molecule has 0 radical (unpaired) electrons. The molecule has 4 heterocycles. The summed E-state index contributed by atoms with van der Waals surface area (Å²) in [6.45, 7) is 7.94. The number of hydrogen-bond acceptors (Lipinski definition) is 7. The molecule has 5 rings (SSSR count). The smallest absolute Gasteiger partial charge is 0.261 e. The molecule has 10 heteroatoms. The normalized spacial score (nSPS) is 17.4. The first-order valence-corrected chi connectivity index (χ1v) is 11.5. The van der Waals surface area contributed by atoms with E-state index in [9.17, 15) is 9.59 Å². The van der Waals surface area contributed by atoms with Gasteiger partial charge < -0.3 is 20.7 Å². The highest BCUT2D eigenvalue weighted by molar-refractivity contribution is 6.09. The summed E-state index contributed by atoms with van der Waals surface area (Å²) in [5.74, 6) is 0.313. The summed E-state index contributed by atoms with van der Waals surface area (Å²) in [6, 6.07) is 5.83. The number of hydrogen-bond donors (Lipinski definition) is 2. The Labute approximate surface area is 197 Å². The van der Waals surface area contributed by atoms with Gasteiger partial charge in [0.05, 0.1) is 17.6 Å². The molecule has 178 valence electrons. The molecule has 0 saturated carbocycles. The number of nitrogens with two attached hydrogens (primary N) is 1. The summed E-state index contributed by atoms with van der Waals surface area (Å²) in [5, 5.41) is 7.34.